The van der Waals surface area contributed by atoms with Gasteiger partial charge in [-0.2, -0.15) is 0 Å². The van der Waals surface area contributed by atoms with Gasteiger partial charge in [-0.3, -0.25) is 5.43 Å². The molecule has 22 heavy (non-hydrogen) atoms. The summed E-state index contributed by atoms with van der Waals surface area (Å²) in [6, 6.07) is 7.82. The fraction of sp³-hybridized carbons (Fsp3) is 0.250. The van der Waals surface area contributed by atoms with Crippen LogP contribution in [0.2, 0.25) is 5.02 Å². The monoisotopic (exact) mass is 317 g/mol. The number of hydrogen-bond donors (Lipinski definition) is 3. The van der Waals surface area contributed by atoms with Crippen LogP contribution in [0.1, 0.15) is 5.56 Å². The van der Waals surface area contributed by atoms with E-state index in [9.17, 15) is 0 Å². The quantitative estimate of drug-likeness (QED) is 0.774. The predicted molar refractivity (Wildman–Crippen MR) is 90.3 cm³/mol. The molecule has 2 heterocycles. The molecule has 1 aromatic carbocycles. The van der Waals surface area contributed by atoms with E-state index in [1.54, 1.807) is 0 Å². The summed E-state index contributed by atoms with van der Waals surface area (Å²) < 4.78 is 0. The van der Waals surface area contributed by atoms with Crippen LogP contribution in [0.15, 0.2) is 54.3 Å². The van der Waals surface area contributed by atoms with E-state index in [-0.39, 0.29) is 0 Å². The smallest absolute Gasteiger partial charge is 0.130 e. The first-order valence-electron chi connectivity index (χ1n) is 7.23. The minimum atomic E-state index is 0.739. The van der Waals surface area contributed by atoms with Crippen molar-refractivity contribution in [3.8, 4) is 0 Å². The van der Waals surface area contributed by atoms with Gasteiger partial charge in [-0.05, 0) is 38.4 Å². The van der Waals surface area contributed by atoms with Gasteiger partial charge in [0.2, 0.25) is 0 Å². The second-order valence-electron chi connectivity index (χ2n) is 5.49. The normalized spacial score (nSPS) is 16.4. The van der Waals surface area contributed by atoms with Crippen molar-refractivity contribution in [3.05, 3.63) is 64.8 Å². The van der Waals surface area contributed by atoms with Gasteiger partial charge in [-0.25, -0.2) is 5.01 Å². The van der Waals surface area contributed by atoms with Gasteiger partial charge in [-0.15, -0.1) is 0 Å². The van der Waals surface area contributed by atoms with E-state index >= 15 is 0 Å². The second-order valence-corrected chi connectivity index (χ2v) is 5.93. The van der Waals surface area contributed by atoms with E-state index in [1.165, 1.54) is 0 Å². The van der Waals surface area contributed by atoms with Gasteiger partial charge < -0.3 is 15.5 Å². The van der Waals surface area contributed by atoms with Crippen molar-refractivity contribution in [3.63, 3.8) is 0 Å². The zero-order chi connectivity index (χ0) is 15.5. The molecule has 0 bridgehead atoms. The number of nitrogens with zero attached hydrogens (tertiary/aromatic N) is 2. The van der Waals surface area contributed by atoms with Crippen molar-refractivity contribution in [1.82, 2.24) is 26.0 Å². The summed E-state index contributed by atoms with van der Waals surface area (Å²) in [4.78, 5) is 2.15. The average Bonchev–Trinajstić information content (AvgIpc) is 2.91. The van der Waals surface area contributed by atoms with Crippen molar-refractivity contribution in [2.24, 2.45) is 0 Å². The van der Waals surface area contributed by atoms with Crippen LogP contribution in [0.3, 0.4) is 0 Å². The van der Waals surface area contributed by atoms with Crippen molar-refractivity contribution < 1.29 is 0 Å². The number of halogens is 1. The minimum absolute atomic E-state index is 0.739. The van der Waals surface area contributed by atoms with E-state index in [1.807, 2.05) is 47.6 Å². The highest BCUT2D eigenvalue weighted by Gasteiger charge is 2.24. The number of benzene rings is 1. The Morgan fingerprint density at radius 2 is 1.95 bits per heavy atom. The molecule has 0 saturated carbocycles. The van der Waals surface area contributed by atoms with Gasteiger partial charge in [0.1, 0.15) is 11.6 Å². The standard InChI is InChI=1S/C16H20ClN5/c1-21(2)10-9-18-15-7-8-16-19-11-14(22(16)20-15)12-3-5-13(17)6-4-12/h3-8,11,18-20H,9-10H2,1-2H3. The topological polar surface area (TPSA) is 42.6 Å². The Hall–Kier alpha value is -2.11. The molecule has 0 aromatic heterocycles. The summed E-state index contributed by atoms with van der Waals surface area (Å²) >= 11 is 5.96. The van der Waals surface area contributed by atoms with Crippen LogP contribution < -0.4 is 16.1 Å². The zero-order valence-corrected chi connectivity index (χ0v) is 13.5. The van der Waals surface area contributed by atoms with Crippen molar-refractivity contribution in [2.45, 2.75) is 0 Å². The first-order chi connectivity index (χ1) is 10.6. The third-order valence-electron chi connectivity index (χ3n) is 3.49. The number of rotatable bonds is 5. The third kappa shape index (κ3) is 3.21. The highest BCUT2D eigenvalue weighted by Crippen LogP contribution is 2.27. The maximum atomic E-state index is 5.96. The second kappa shape index (κ2) is 6.34. The van der Waals surface area contributed by atoms with Gasteiger partial charge in [0.15, 0.2) is 0 Å². The number of nitrogens with one attached hydrogen (secondary N) is 3. The maximum absolute atomic E-state index is 5.96. The van der Waals surface area contributed by atoms with Gasteiger partial charge in [0, 0.05) is 29.9 Å². The molecule has 0 atom stereocenters. The van der Waals surface area contributed by atoms with Crippen LogP contribution in [-0.4, -0.2) is 37.1 Å². The zero-order valence-electron chi connectivity index (χ0n) is 12.7. The molecule has 6 heteroatoms. The molecule has 0 spiro atoms. The maximum Gasteiger partial charge on any atom is 0.130 e. The Bertz CT molecular complexity index is 630. The molecule has 0 aliphatic carbocycles. The Morgan fingerprint density at radius 3 is 2.68 bits per heavy atom. The van der Waals surface area contributed by atoms with Crippen molar-refractivity contribution >= 4 is 17.3 Å². The molecule has 116 valence electrons. The van der Waals surface area contributed by atoms with E-state index in [2.05, 4.69) is 35.1 Å². The third-order valence-corrected chi connectivity index (χ3v) is 3.75. The van der Waals surface area contributed by atoms with Crippen LogP contribution in [0.5, 0.6) is 0 Å². The Kier molecular flexibility index (Phi) is 4.27. The number of allylic oxidation sites excluding steroid dienone is 2. The first kappa shape index (κ1) is 14.8. The summed E-state index contributed by atoms with van der Waals surface area (Å²) in [5, 5.41) is 9.43. The van der Waals surface area contributed by atoms with Crippen LogP contribution in [0.25, 0.3) is 5.70 Å². The van der Waals surface area contributed by atoms with Gasteiger partial charge in [0.05, 0.1) is 5.70 Å². The largest absolute Gasteiger partial charge is 0.369 e. The highest BCUT2D eigenvalue weighted by atomic mass is 35.5. The number of hydrazine groups is 1. The summed E-state index contributed by atoms with van der Waals surface area (Å²) in [7, 11) is 4.13. The summed E-state index contributed by atoms with van der Waals surface area (Å²) in [5.74, 6) is 1.98. The fourth-order valence-corrected chi connectivity index (χ4v) is 2.44. The van der Waals surface area contributed by atoms with Gasteiger partial charge in [0.25, 0.3) is 0 Å². The summed E-state index contributed by atoms with van der Waals surface area (Å²) in [5.41, 5.74) is 5.54. The fourth-order valence-electron chi connectivity index (χ4n) is 2.31. The molecule has 0 saturated heterocycles. The van der Waals surface area contributed by atoms with Crippen molar-refractivity contribution in [1.29, 1.82) is 0 Å². The van der Waals surface area contributed by atoms with E-state index < -0.39 is 0 Å². The molecule has 0 amide bonds. The van der Waals surface area contributed by atoms with E-state index in [4.69, 9.17) is 11.6 Å². The lowest BCUT2D eigenvalue weighted by Crippen LogP contribution is -2.42. The lowest BCUT2D eigenvalue weighted by atomic mass is 10.1. The molecule has 2 aliphatic heterocycles. The molecule has 0 unspecified atom stereocenters. The number of hydrogen-bond acceptors (Lipinski definition) is 5. The Balaban J connectivity index is 1.68. The van der Waals surface area contributed by atoms with Crippen LogP contribution in [-0.2, 0) is 0 Å². The lowest BCUT2D eigenvalue weighted by Gasteiger charge is -2.29. The molecule has 0 fully saturated rings. The summed E-state index contributed by atoms with van der Waals surface area (Å²) in [6.45, 7) is 1.87. The minimum Gasteiger partial charge on any atom is -0.369 e. The average molecular weight is 318 g/mol. The molecule has 3 N–H and O–H groups in total. The van der Waals surface area contributed by atoms with Crippen LogP contribution in [0.4, 0.5) is 0 Å². The molecule has 0 radical (unpaired) electrons. The lowest BCUT2D eigenvalue weighted by molar-refractivity contribution is 0.361. The Morgan fingerprint density at radius 1 is 1.18 bits per heavy atom. The van der Waals surface area contributed by atoms with Crippen molar-refractivity contribution in [2.75, 3.05) is 27.2 Å². The molecular formula is C16H20ClN5. The van der Waals surface area contributed by atoms with E-state index in [0.29, 0.717) is 0 Å². The number of likely N-dealkylation sites (N-methyl/N-ethyl adjacent to an activating group) is 1. The number of fused-ring (bicyclic) bond motifs is 1. The molecular weight excluding hydrogens is 298 g/mol. The van der Waals surface area contributed by atoms with Gasteiger partial charge in [-0.1, -0.05) is 23.7 Å². The van der Waals surface area contributed by atoms with Crippen LogP contribution >= 0.6 is 11.6 Å². The molecule has 3 rings (SSSR count). The van der Waals surface area contributed by atoms with E-state index in [0.717, 1.165) is 41.0 Å². The SMILES string of the molecule is CN(C)CCNC1=CC=C2NC=C(c3ccc(Cl)cc3)N2N1. The first-order valence-corrected chi connectivity index (χ1v) is 7.61. The Labute approximate surface area is 135 Å². The molecule has 1 aromatic rings. The molecule has 5 nitrogen and oxygen atoms in total. The summed E-state index contributed by atoms with van der Waals surface area (Å²) in [6.07, 6.45) is 6.07. The van der Waals surface area contributed by atoms with Gasteiger partial charge >= 0.3 is 0 Å². The van der Waals surface area contributed by atoms with Crippen LogP contribution in [0, 0.1) is 0 Å². The molecule has 2 aliphatic rings. The highest BCUT2D eigenvalue weighted by molar-refractivity contribution is 6.30. The predicted octanol–water partition coefficient (Wildman–Crippen LogP) is 1.90.